The van der Waals surface area contributed by atoms with E-state index in [1.165, 1.54) is 15.8 Å². The van der Waals surface area contributed by atoms with Gasteiger partial charge >= 0.3 is 0 Å². The zero-order valence-electron chi connectivity index (χ0n) is 12.2. The molecule has 1 aliphatic rings. The average molecular weight is 310 g/mol. The van der Waals surface area contributed by atoms with Crippen molar-refractivity contribution < 1.29 is 4.79 Å². The first-order valence-electron chi connectivity index (χ1n) is 7.70. The largest absolute Gasteiger partial charge is 0.361 e. The summed E-state index contributed by atoms with van der Waals surface area (Å²) in [6.45, 7) is 0.664. The summed E-state index contributed by atoms with van der Waals surface area (Å²) in [6.07, 6.45) is 4.17. The van der Waals surface area contributed by atoms with Crippen molar-refractivity contribution in [2.75, 3.05) is 6.54 Å². The SMILES string of the molecule is O=C(NCC(c1cccs1)c1c[nH]c2ccccc12)C1CC1. The Morgan fingerprint density at radius 3 is 2.91 bits per heavy atom. The molecule has 1 fully saturated rings. The topological polar surface area (TPSA) is 44.9 Å². The van der Waals surface area contributed by atoms with Crippen molar-refractivity contribution in [3.63, 3.8) is 0 Å². The molecular weight excluding hydrogens is 292 g/mol. The Morgan fingerprint density at radius 1 is 1.27 bits per heavy atom. The van der Waals surface area contributed by atoms with Crippen LogP contribution in [0.5, 0.6) is 0 Å². The molecule has 4 heteroatoms. The molecular formula is C18H18N2OS. The second-order valence-electron chi connectivity index (χ2n) is 5.88. The third kappa shape index (κ3) is 2.55. The fourth-order valence-electron chi connectivity index (χ4n) is 2.93. The van der Waals surface area contributed by atoms with Gasteiger partial charge in [-0.25, -0.2) is 0 Å². The number of hydrogen-bond acceptors (Lipinski definition) is 2. The summed E-state index contributed by atoms with van der Waals surface area (Å²) in [5.41, 5.74) is 2.40. The molecule has 0 bridgehead atoms. The lowest BCUT2D eigenvalue weighted by Crippen LogP contribution is -2.29. The molecule has 1 aliphatic carbocycles. The van der Waals surface area contributed by atoms with E-state index < -0.39 is 0 Å². The van der Waals surface area contributed by atoms with Gasteiger partial charge in [-0.05, 0) is 35.9 Å². The highest BCUT2D eigenvalue weighted by Gasteiger charge is 2.30. The van der Waals surface area contributed by atoms with Crippen LogP contribution in [0.2, 0.25) is 0 Å². The zero-order chi connectivity index (χ0) is 14.9. The lowest BCUT2D eigenvalue weighted by atomic mass is 9.96. The number of hydrogen-bond donors (Lipinski definition) is 2. The van der Waals surface area contributed by atoms with E-state index in [9.17, 15) is 4.79 Å². The van der Waals surface area contributed by atoms with Gasteiger partial charge in [-0.15, -0.1) is 11.3 Å². The van der Waals surface area contributed by atoms with E-state index in [2.05, 4.69) is 52.2 Å². The van der Waals surface area contributed by atoms with Gasteiger partial charge in [0.25, 0.3) is 0 Å². The van der Waals surface area contributed by atoms with Crippen molar-refractivity contribution in [3.8, 4) is 0 Å². The van der Waals surface area contributed by atoms with Crippen LogP contribution in [0.1, 0.15) is 29.2 Å². The van der Waals surface area contributed by atoms with Gasteiger partial charge in [0.05, 0.1) is 0 Å². The molecule has 1 unspecified atom stereocenters. The Kier molecular flexibility index (Phi) is 3.47. The normalized spacial score (nSPS) is 15.8. The standard InChI is InChI=1S/C18H18N2OS/c21-18(12-7-8-12)20-11-15(17-6-3-9-22-17)14-10-19-16-5-2-1-4-13(14)16/h1-6,9-10,12,15,19H,7-8,11H2,(H,20,21). The second kappa shape index (κ2) is 5.61. The number of amides is 1. The number of nitrogens with one attached hydrogen (secondary N) is 2. The summed E-state index contributed by atoms with van der Waals surface area (Å²) in [4.78, 5) is 16.6. The molecule has 0 saturated heterocycles. The van der Waals surface area contributed by atoms with Crippen molar-refractivity contribution in [1.29, 1.82) is 0 Å². The molecule has 0 spiro atoms. The number of rotatable bonds is 5. The molecule has 1 aromatic carbocycles. The van der Waals surface area contributed by atoms with Gasteiger partial charge in [0.1, 0.15) is 0 Å². The third-order valence-electron chi connectivity index (χ3n) is 4.31. The molecule has 0 radical (unpaired) electrons. The van der Waals surface area contributed by atoms with Crippen LogP contribution >= 0.6 is 11.3 Å². The second-order valence-corrected chi connectivity index (χ2v) is 6.86. The molecule has 3 aromatic rings. The number of aromatic nitrogens is 1. The van der Waals surface area contributed by atoms with E-state index in [1.54, 1.807) is 11.3 Å². The van der Waals surface area contributed by atoms with Gasteiger partial charge in [0.2, 0.25) is 5.91 Å². The summed E-state index contributed by atoms with van der Waals surface area (Å²) < 4.78 is 0. The summed E-state index contributed by atoms with van der Waals surface area (Å²) >= 11 is 1.75. The highest BCUT2D eigenvalue weighted by atomic mass is 32.1. The smallest absolute Gasteiger partial charge is 0.223 e. The number of fused-ring (bicyclic) bond motifs is 1. The minimum absolute atomic E-state index is 0.207. The molecule has 2 aromatic heterocycles. The Balaban J connectivity index is 1.66. The van der Waals surface area contributed by atoms with Gasteiger partial charge in [-0.3, -0.25) is 4.79 Å². The molecule has 3 nitrogen and oxygen atoms in total. The first-order valence-corrected chi connectivity index (χ1v) is 8.58. The van der Waals surface area contributed by atoms with Crippen LogP contribution in [-0.4, -0.2) is 17.4 Å². The van der Waals surface area contributed by atoms with Crippen LogP contribution in [0.15, 0.2) is 48.0 Å². The van der Waals surface area contributed by atoms with E-state index >= 15 is 0 Å². The van der Waals surface area contributed by atoms with Crippen LogP contribution in [0.25, 0.3) is 10.9 Å². The number of para-hydroxylation sites is 1. The van der Waals surface area contributed by atoms with Gasteiger partial charge in [-0.1, -0.05) is 24.3 Å². The Hall–Kier alpha value is -2.07. The van der Waals surface area contributed by atoms with Crippen LogP contribution in [0, 0.1) is 5.92 Å². The quantitative estimate of drug-likeness (QED) is 0.738. The molecule has 2 N–H and O–H groups in total. The predicted octanol–water partition coefficient (Wildman–Crippen LogP) is 3.89. The maximum Gasteiger partial charge on any atom is 0.223 e. The lowest BCUT2D eigenvalue weighted by Gasteiger charge is -2.16. The Bertz CT molecular complexity index is 786. The van der Waals surface area contributed by atoms with Crippen LogP contribution in [0.4, 0.5) is 0 Å². The first-order chi connectivity index (χ1) is 10.8. The molecule has 1 atom stereocenters. The molecule has 1 saturated carbocycles. The fraction of sp³-hybridized carbons (Fsp3) is 0.278. The number of carbonyl (C=O) groups is 1. The van der Waals surface area contributed by atoms with Gasteiger partial charge in [0, 0.05) is 40.4 Å². The minimum Gasteiger partial charge on any atom is -0.361 e. The minimum atomic E-state index is 0.207. The van der Waals surface area contributed by atoms with Crippen molar-refractivity contribution in [3.05, 3.63) is 58.4 Å². The summed E-state index contributed by atoms with van der Waals surface area (Å²) in [5.74, 6) is 0.673. The Morgan fingerprint density at radius 2 is 2.14 bits per heavy atom. The van der Waals surface area contributed by atoms with Crippen molar-refractivity contribution >= 4 is 28.1 Å². The number of H-pyrrole nitrogens is 1. The first kappa shape index (κ1) is 13.6. The highest BCUT2D eigenvalue weighted by Crippen LogP contribution is 2.33. The number of aromatic amines is 1. The number of benzene rings is 1. The van der Waals surface area contributed by atoms with E-state index in [4.69, 9.17) is 0 Å². The van der Waals surface area contributed by atoms with Crippen molar-refractivity contribution in [1.82, 2.24) is 10.3 Å². The third-order valence-corrected chi connectivity index (χ3v) is 5.30. The molecule has 1 amide bonds. The molecule has 112 valence electrons. The molecule has 2 heterocycles. The zero-order valence-corrected chi connectivity index (χ0v) is 13.0. The summed E-state index contributed by atoms with van der Waals surface area (Å²) in [5, 5.41) is 6.47. The maximum atomic E-state index is 12.0. The fourth-order valence-corrected chi connectivity index (χ4v) is 3.77. The lowest BCUT2D eigenvalue weighted by molar-refractivity contribution is -0.122. The van der Waals surface area contributed by atoms with Crippen molar-refractivity contribution in [2.24, 2.45) is 5.92 Å². The van der Waals surface area contributed by atoms with Gasteiger partial charge in [0.15, 0.2) is 0 Å². The maximum absolute atomic E-state index is 12.0. The monoisotopic (exact) mass is 310 g/mol. The number of carbonyl (C=O) groups excluding carboxylic acids is 1. The Labute approximate surface area is 133 Å². The number of thiophene rings is 1. The predicted molar refractivity (Wildman–Crippen MR) is 90.2 cm³/mol. The molecule has 0 aliphatic heterocycles. The van der Waals surface area contributed by atoms with E-state index in [0.717, 1.165) is 18.4 Å². The van der Waals surface area contributed by atoms with Crippen LogP contribution < -0.4 is 5.32 Å². The molecule has 4 rings (SSSR count). The highest BCUT2D eigenvalue weighted by molar-refractivity contribution is 7.10. The van der Waals surface area contributed by atoms with Crippen LogP contribution in [-0.2, 0) is 4.79 Å². The van der Waals surface area contributed by atoms with Crippen molar-refractivity contribution in [2.45, 2.75) is 18.8 Å². The van der Waals surface area contributed by atoms with E-state index in [0.29, 0.717) is 6.54 Å². The summed E-state index contributed by atoms with van der Waals surface area (Å²) in [7, 11) is 0. The molecule has 22 heavy (non-hydrogen) atoms. The van der Waals surface area contributed by atoms with E-state index in [1.807, 2.05) is 6.07 Å². The van der Waals surface area contributed by atoms with Gasteiger partial charge < -0.3 is 10.3 Å². The van der Waals surface area contributed by atoms with E-state index in [-0.39, 0.29) is 17.7 Å². The summed E-state index contributed by atoms with van der Waals surface area (Å²) in [6, 6.07) is 12.6. The van der Waals surface area contributed by atoms with Crippen LogP contribution in [0.3, 0.4) is 0 Å². The van der Waals surface area contributed by atoms with Gasteiger partial charge in [-0.2, -0.15) is 0 Å². The average Bonchev–Trinajstić information content (AvgIpc) is 3.09.